The molecule has 0 N–H and O–H groups in total. The fourth-order valence-electron chi connectivity index (χ4n) is 2.02. The van der Waals surface area contributed by atoms with Gasteiger partial charge in [-0.2, -0.15) is 0 Å². The van der Waals surface area contributed by atoms with E-state index in [1.165, 1.54) is 11.1 Å². The molecule has 2 atom stereocenters. The zero-order valence-electron chi connectivity index (χ0n) is 12.9. The van der Waals surface area contributed by atoms with Crippen molar-refractivity contribution in [2.45, 2.75) is 53.4 Å². The molecule has 2 unspecified atom stereocenters. The normalized spacial score (nSPS) is 13.3. The SMILES string of the molecule is CCC#CC(C)C(C)c1cc(C)ccc1OCCC. The van der Waals surface area contributed by atoms with E-state index in [2.05, 4.69) is 64.7 Å². The van der Waals surface area contributed by atoms with Crippen molar-refractivity contribution in [3.8, 4) is 17.6 Å². The summed E-state index contributed by atoms with van der Waals surface area (Å²) in [5, 5.41) is 0. The minimum atomic E-state index is 0.353. The van der Waals surface area contributed by atoms with Gasteiger partial charge in [-0.3, -0.25) is 0 Å². The van der Waals surface area contributed by atoms with Crippen molar-refractivity contribution >= 4 is 0 Å². The van der Waals surface area contributed by atoms with E-state index in [9.17, 15) is 0 Å². The van der Waals surface area contributed by atoms with Gasteiger partial charge in [0.15, 0.2) is 0 Å². The summed E-state index contributed by atoms with van der Waals surface area (Å²) in [6.45, 7) is 11.6. The molecule has 19 heavy (non-hydrogen) atoms. The van der Waals surface area contributed by atoms with Gasteiger partial charge < -0.3 is 4.74 Å². The van der Waals surface area contributed by atoms with Crippen LogP contribution in [-0.2, 0) is 0 Å². The van der Waals surface area contributed by atoms with E-state index in [0.29, 0.717) is 11.8 Å². The molecule has 0 amide bonds. The highest BCUT2D eigenvalue weighted by Gasteiger charge is 2.17. The first-order chi connectivity index (χ1) is 9.10. The maximum atomic E-state index is 5.87. The largest absolute Gasteiger partial charge is 0.493 e. The van der Waals surface area contributed by atoms with Crippen molar-refractivity contribution < 1.29 is 4.74 Å². The Balaban J connectivity index is 2.98. The molecule has 0 aliphatic carbocycles. The lowest BCUT2D eigenvalue weighted by molar-refractivity contribution is 0.311. The second-order valence-electron chi connectivity index (χ2n) is 5.14. The lowest BCUT2D eigenvalue weighted by Crippen LogP contribution is -2.08. The van der Waals surface area contributed by atoms with Crippen LogP contribution >= 0.6 is 0 Å². The number of rotatable bonds is 5. The third kappa shape index (κ3) is 4.63. The molecule has 1 heteroatoms. The first-order valence-electron chi connectivity index (χ1n) is 7.31. The first-order valence-corrected chi connectivity index (χ1v) is 7.31. The Morgan fingerprint density at radius 2 is 1.95 bits per heavy atom. The topological polar surface area (TPSA) is 9.23 Å². The summed E-state index contributed by atoms with van der Waals surface area (Å²) >= 11 is 0. The Hall–Kier alpha value is -1.42. The van der Waals surface area contributed by atoms with Crippen LogP contribution in [0.15, 0.2) is 18.2 Å². The fraction of sp³-hybridized carbons (Fsp3) is 0.556. The lowest BCUT2D eigenvalue weighted by Gasteiger charge is -2.20. The van der Waals surface area contributed by atoms with Gasteiger partial charge >= 0.3 is 0 Å². The predicted molar refractivity (Wildman–Crippen MR) is 82.6 cm³/mol. The molecule has 1 aromatic carbocycles. The molecule has 0 bridgehead atoms. The molecular weight excluding hydrogens is 232 g/mol. The second-order valence-corrected chi connectivity index (χ2v) is 5.14. The molecular formula is C18H26O. The van der Waals surface area contributed by atoms with Crippen molar-refractivity contribution in [2.75, 3.05) is 6.61 Å². The fourth-order valence-corrected chi connectivity index (χ4v) is 2.02. The molecule has 0 heterocycles. The highest BCUT2D eigenvalue weighted by Crippen LogP contribution is 2.32. The average molecular weight is 258 g/mol. The minimum Gasteiger partial charge on any atom is -0.493 e. The van der Waals surface area contributed by atoms with E-state index >= 15 is 0 Å². The average Bonchev–Trinajstić information content (AvgIpc) is 2.42. The van der Waals surface area contributed by atoms with E-state index in [1.807, 2.05) is 0 Å². The number of benzene rings is 1. The standard InChI is InChI=1S/C18H26O/c1-6-8-9-15(4)16(5)17-13-14(3)10-11-18(17)19-12-7-2/h10-11,13,15-16H,6-7,12H2,1-5H3. The molecule has 0 aromatic heterocycles. The predicted octanol–water partition coefficient (Wildman–Crippen LogP) is 4.94. The number of hydrogen-bond donors (Lipinski definition) is 0. The molecule has 1 rings (SSSR count). The highest BCUT2D eigenvalue weighted by molar-refractivity contribution is 5.40. The maximum Gasteiger partial charge on any atom is 0.122 e. The molecule has 1 aromatic rings. The Kier molecular flexibility index (Phi) is 6.50. The number of aryl methyl sites for hydroxylation is 1. The zero-order valence-corrected chi connectivity index (χ0v) is 12.9. The maximum absolute atomic E-state index is 5.87. The summed E-state index contributed by atoms with van der Waals surface area (Å²) in [5.41, 5.74) is 2.56. The van der Waals surface area contributed by atoms with E-state index in [0.717, 1.165) is 25.2 Å². The summed E-state index contributed by atoms with van der Waals surface area (Å²) < 4.78 is 5.87. The smallest absolute Gasteiger partial charge is 0.122 e. The van der Waals surface area contributed by atoms with Gasteiger partial charge in [-0.1, -0.05) is 51.3 Å². The Morgan fingerprint density at radius 3 is 2.58 bits per heavy atom. The first kappa shape index (κ1) is 15.6. The Bertz CT molecular complexity index is 450. The Labute approximate surface area is 118 Å². The monoisotopic (exact) mass is 258 g/mol. The van der Waals surface area contributed by atoms with E-state index < -0.39 is 0 Å². The molecule has 0 radical (unpaired) electrons. The summed E-state index contributed by atoms with van der Waals surface area (Å²) in [6, 6.07) is 6.44. The molecule has 0 saturated carbocycles. The molecule has 104 valence electrons. The minimum absolute atomic E-state index is 0.353. The Morgan fingerprint density at radius 1 is 1.21 bits per heavy atom. The van der Waals surface area contributed by atoms with E-state index in [4.69, 9.17) is 4.74 Å². The van der Waals surface area contributed by atoms with Crippen LogP contribution < -0.4 is 4.74 Å². The van der Waals surface area contributed by atoms with Gasteiger partial charge in [0.2, 0.25) is 0 Å². The second kappa shape index (κ2) is 7.89. The zero-order chi connectivity index (χ0) is 14.3. The molecule has 0 aliphatic heterocycles. The van der Waals surface area contributed by atoms with Crippen LogP contribution in [0.25, 0.3) is 0 Å². The quantitative estimate of drug-likeness (QED) is 0.680. The van der Waals surface area contributed by atoms with Gasteiger partial charge in [0.25, 0.3) is 0 Å². The lowest BCUT2D eigenvalue weighted by atomic mass is 9.88. The number of hydrogen-bond acceptors (Lipinski definition) is 1. The molecule has 0 spiro atoms. The molecule has 0 fully saturated rings. The summed E-state index contributed by atoms with van der Waals surface area (Å²) in [5.74, 6) is 8.28. The summed E-state index contributed by atoms with van der Waals surface area (Å²) in [7, 11) is 0. The van der Waals surface area contributed by atoms with Gasteiger partial charge in [0.05, 0.1) is 6.61 Å². The van der Waals surface area contributed by atoms with Crippen LogP contribution in [-0.4, -0.2) is 6.61 Å². The van der Waals surface area contributed by atoms with Gasteiger partial charge in [-0.25, -0.2) is 0 Å². The summed E-state index contributed by atoms with van der Waals surface area (Å²) in [4.78, 5) is 0. The van der Waals surface area contributed by atoms with Crippen LogP contribution in [0.5, 0.6) is 5.75 Å². The van der Waals surface area contributed by atoms with Crippen LogP contribution in [0.3, 0.4) is 0 Å². The van der Waals surface area contributed by atoms with Gasteiger partial charge in [0, 0.05) is 12.3 Å². The van der Waals surface area contributed by atoms with Crippen molar-refractivity contribution in [3.05, 3.63) is 29.3 Å². The third-order valence-corrected chi connectivity index (χ3v) is 3.37. The van der Waals surface area contributed by atoms with Gasteiger partial charge in [0.1, 0.15) is 5.75 Å². The van der Waals surface area contributed by atoms with Gasteiger partial charge in [-0.05, 0) is 30.9 Å². The third-order valence-electron chi connectivity index (χ3n) is 3.37. The van der Waals surface area contributed by atoms with Crippen molar-refractivity contribution in [1.82, 2.24) is 0 Å². The molecule has 0 aliphatic rings. The number of ether oxygens (including phenoxy) is 1. The van der Waals surface area contributed by atoms with E-state index in [-0.39, 0.29) is 0 Å². The van der Waals surface area contributed by atoms with Crippen molar-refractivity contribution in [2.24, 2.45) is 5.92 Å². The van der Waals surface area contributed by atoms with Crippen LogP contribution in [0.2, 0.25) is 0 Å². The molecule has 1 nitrogen and oxygen atoms in total. The van der Waals surface area contributed by atoms with Gasteiger partial charge in [-0.15, -0.1) is 5.92 Å². The summed E-state index contributed by atoms with van der Waals surface area (Å²) in [6.07, 6.45) is 1.96. The highest BCUT2D eigenvalue weighted by atomic mass is 16.5. The van der Waals surface area contributed by atoms with Crippen molar-refractivity contribution in [1.29, 1.82) is 0 Å². The van der Waals surface area contributed by atoms with E-state index in [1.54, 1.807) is 0 Å². The van der Waals surface area contributed by atoms with Crippen molar-refractivity contribution in [3.63, 3.8) is 0 Å². The van der Waals surface area contributed by atoms with Crippen LogP contribution in [0.1, 0.15) is 57.6 Å². The van der Waals surface area contributed by atoms with Crippen LogP contribution in [0, 0.1) is 24.7 Å². The van der Waals surface area contributed by atoms with Crippen LogP contribution in [0.4, 0.5) is 0 Å². The molecule has 0 saturated heterocycles.